The third-order valence-corrected chi connectivity index (χ3v) is 2.00. The number of aryl methyl sites for hydroxylation is 1. The van der Waals surface area contributed by atoms with Gasteiger partial charge in [-0.3, -0.25) is 0 Å². The molecule has 0 aliphatic rings. The van der Waals surface area contributed by atoms with Gasteiger partial charge in [-0.1, -0.05) is 5.92 Å². The number of aliphatic hydroxyl groups is 1. The average Bonchev–Trinajstić information content (AvgIpc) is 2.19. The maximum absolute atomic E-state index is 8.57. The standard InChI is InChI=1S/C11H14N2O/c1-9-10(2)12-8-13-11(9)6-4-3-5-7-14/h8,14H,3,5,7H2,1-2H3. The summed E-state index contributed by atoms with van der Waals surface area (Å²) in [6, 6.07) is 0. The lowest BCUT2D eigenvalue weighted by Gasteiger charge is -1.98. The Labute approximate surface area is 84.2 Å². The molecule has 0 bridgehead atoms. The second kappa shape index (κ2) is 5.36. The summed E-state index contributed by atoms with van der Waals surface area (Å²) >= 11 is 0. The molecule has 0 spiro atoms. The average molecular weight is 190 g/mol. The van der Waals surface area contributed by atoms with E-state index in [-0.39, 0.29) is 6.61 Å². The van der Waals surface area contributed by atoms with E-state index in [0.29, 0.717) is 6.42 Å². The highest BCUT2D eigenvalue weighted by Gasteiger charge is 1.98. The predicted octanol–water partition coefficient (Wildman–Crippen LogP) is 1.22. The Morgan fingerprint density at radius 3 is 2.86 bits per heavy atom. The van der Waals surface area contributed by atoms with E-state index < -0.39 is 0 Å². The monoisotopic (exact) mass is 190 g/mol. The molecule has 1 heterocycles. The molecule has 0 unspecified atom stereocenters. The first-order valence-electron chi connectivity index (χ1n) is 4.63. The highest BCUT2D eigenvalue weighted by molar-refractivity contribution is 5.35. The molecular weight excluding hydrogens is 176 g/mol. The summed E-state index contributed by atoms with van der Waals surface area (Å²) < 4.78 is 0. The first-order valence-corrected chi connectivity index (χ1v) is 4.63. The van der Waals surface area contributed by atoms with Gasteiger partial charge in [0.05, 0.1) is 0 Å². The minimum absolute atomic E-state index is 0.191. The Morgan fingerprint density at radius 1 is 1.36 bits per heavy atom. The first-order chi connectivity index (χ1) is 6.75. The van der Waals surface area contributed by atoms with Crippen molar-refractivity contribution >= 4 is 0 Å². The highest BCUT2D eigenvalue weighted by atomic mass is 16.2. The third-order valence-electron chi connectivity index (χ3n) is 2.00. The van der Waals surface area contributed by atoms with Gasteiger partial charge in [-0.05, 0) is 26.2 Å². The molecule has 1 N–H and O–H groups in total. The van der Waals surface area contributed by atoms with E-state index in [1.165, 1.54) is 6.33 Å². The molecule has 0 amide bonds. The van der Waals surface area contributed by atoms with Gasteiger partial charge in [0, 0.05) is 24.3 Å². The van der Waals surface area contributed by atoms with Gasteiger partial charge in [0.25, 0.3) is 0 Å². The van der Waals surface area contributed by atoms with Crippen LogP contribution in [0.3, 0.4) is 0 Å². The molecule has 1 aromatic rings. The number of hydrogen-bond acceptors (Lipinski definition) is 3. The van der Waals surface area contributed by atoms with E-state index in [2.05, 4.69) is 21.8 Å². The van der Waals surface area contributed by atoms with Crippen LogP contribution < -0.4 is 0 Å². The number of nitrogens with zero attached hydrogens (tertiary/aromatic N) is 2. The van der Waals surface area contributed by atoms with Gasteiger partial charge in [0.15, 0.2) is 0 Å². The van der Waals surface area contributed by atoms with Crippen molar-refractivity contribution in [3.63, 3.8) is 0 Å². The van der Waals surface area contributed by atoms with Crippen LogP contribution >= 0.6 is 0 Å². The van der Waals surface area contributed by atoms with E-state index in [9.17, 15) is 0 Å². The number of rotatable bonds is 2. The van der Waals surface area contributed by atoms with Crippen LogP contribution in [-0.2, 0) is 0 Å². The van der Waals surface area contributed by atoms with Crippen molar-refractivity contribution < 1.29 is 5.11 Å². The number of hydrogen-bond donors (Lipinski definition) is 1. The van der Waals surface area contributed by atoms with E-state index in [1.807, 2.05) is 13.8 Å². The molecule has 0 aliphatic heterocycles. The highest BCUT2D eigenvalue weighted by Crippen LogP contribution is 2.05. The lowest BCUT2D eigenvalue weighted by Crippen LogP contribution is -1.94. The topological polar surface area (TPSA) is 46.0 Å². The van der Waals surface area contributed by atoms with Gasteiger partial charge in [0.2, 0.25) is 0 Å². The Morgan fingerprint density at radius 2 is 2.14 bits per heavy atom. The molecule has 3 nitrogen and oxygen atoms in total. The third kappa shape index (κ3) is 2.82. The van der Waals surface area contributed by atoms with E-state index in [4.69, 9.17) is 5.11 Å². The fourth-order valence-electron chi connectivity index (χ4n) is 0.978. The van der Waals surface area contributed by atoms with Gasteiger partial charge in [-0.2, -0.15) is 0 Å². The van der Waals surface area contributed by atoms with Crippen molar-refractivity contribution in [2.75, 3.05) is 6.61 Å². The summed E-state index contributed by atoms with van der Waals surface area (Å²) in [5.74, 6) is 5.95. The first kappa shape index (κ1) is 10.7. The summed E-state index contributed by atoms with van der Waals surface area (Å²) in [7, 11) is 0. The second-order valence-electron chi connectivity index (χ2n) is 3.06. The zero-order valence-corrected chi connectivity index (χ0v) is 8.54. The maximum Gasteiger partial charge on any atom is 0.119 e. The summed E-state index contributed by atoms with van der Waals surface area (Å²) in [4.78, 5) is 8.15. The quantitative estimate of drug-likeness (QED) is 0.563. The molecule has 1 aromatic heterocycles. The van der Waals surface area contributed by atoms with Crippen LogP contribution in [0, 0.1) is 25.7 Å². The number of aliphatic hydroxyl groups excluding tert-OH is 1. The minimum Gasteiger partial charge on any atom is -0.396 e. The molecule has 0 saturated heterocycles. The lowest BCUT2D eigenvalue weighted by molar-refractivity contribution is 0.290. The maximum atomic E-state index is 8.57. The van der Waals surface area contributed by atoms with E-state index >= 15 is 0 Å². The van der Waals surface area contributed by atoms with Crippen LogP contribution in [0.25, 0.3) is 0 Å². The van der Waals surface area contributed by atoms with Gasteiger partial charge < -0.3 is 5.11 Å². The van der Waals surface area contributed by atoms with Gasteiger partial charge in [-0.15, -0.1) is 0 Å². The van der Waals surface area contributed by atoms with E-state index in [1.54, 1.807) is 0 Å². The summed E-state index contributed by atoms with van der Waals surface area (Å²) in [5, 5.41) is 8.57. The SMILES string of the molecule is Cc1ncnc(C#CCCCO)c1C. The van der Waals surface area contributed by atoms with Crippen molar-refractivity contribution in [1.82, 2.24) is 9.97 Å². The Balaban J connectivity index is 2.74. The van der Waals surface area contributed by atoms with Crippen LogP contribution in [0.4, 0.5) is 0 Å². The Hall–Kier alpha value is -1.40. The molecule has 0 aromatic carbocycles. The van der Waals surface area contributed by atoms with Crippen LogP contribution in [0.15, 0.2) is 6.33 Å². The van der Waals surface area contributed by atoms with Crippen molar-refractivity contribution in [3.05, 3.63) is 23.3 Å². The van der Waals surface area contributed by atoms with Crippen molar-refractivity contribution in [2.24, 2.45) is 0 Å². The number of unbranched alkanes of at least 4 members (excludes halogenated alkanes) is 1. The molecule has 0 radical (unpaired) electrons. The summed E-state index contributed by atoms with van der Waals surface area (Å²) in [6.45, 7) is 4.10. The fraction of sp³-hybridized carbons (Fsp3) is 0.455. The van der Waals surface area contributed by atoms with Crippen molar-refractivity contribution in [2.45, 2.75) is 26.7 Å². The normalized spacial score (nSPS) is 9.36. The van der Waals surface area contributed by atoms with Crippen LogP contribution in [0.1, 0.15) is 29.8 Å². The molecule has 1 rings (SSSR count). The zero-order valence-electron chi connectivity index (χ0n) is 8.54. The van der Waals surface area contributed by atoms with Crippen LogP contribution in [0.2, 0.25) is 0 Å². The van der Waals surface area contributed by atoms with E-state index in [0.717, 1.165) is 23.4 Å². The van der Waals surface area contributed by atoms with Crippen LogP contribution in [0.5, 0.6) is 0 Å². The number of aromatic nitrogens is 2. The van der Waals surface area contributed by atoms with Gasteiger partial charge >= 0.3 is 0 Å². The zero-order chi connectivity index (χ0) is 10.4. The largest absolute Gasteiger partial charge is 0.396 e. The molecule has 0 aliphatic carbocycles. The Bertz CT molecular complexity index is 363. The predicted molar refractivity (Wildman–Crippen MR) is 54.7 cm³/mol. The Kier molecular flexibility index (Phi) is 4.09. The second-order valence-corrected chi connectivity index (χ2v) is 3.06. The lowest BCUT2D eigenvalue weighted by atomic mass is 10.2. The molecule has 0 fully saturated rings. The molecule has 0 saturated carbocycles. The smallest absolute Gasteiger partial charge is 0.119 e. The molecule has 74 valence electrons. The fourth-order valence-corrected chi connectivity index (χ4v) is 0.978. The summed E-state index contributed by atoms with van der Waals surface area (Å²) in [5.41, 5.74) is 2.78. The van der Waals surface area contributed by atoms with Gasteiger partial charge in [0.1, 0.15) is 12.0 Å². The molecule has 14 heavy (non-hydrogen) atoms. The molecular formula is C11H14N2O. The molecule has 0 atom stereocenters. The molecule has 3 heteroatoms. The van der Waals surface area contributed by atoms with Gasteiger partial charge in [-0.25, -0.2) is 9.97 Å². The minimum atomic E-state index is 0.191. The summed E-state index contributed by atoms with van der Waals surface area (Å²) in [6.07, 6.45) is 2.95. The van der Waals surface area contributed by atoms with Crippen molar-refractivity contribution in [1.29, 1.82) is 0 Å². The van der Waals surface area contributed by atoms with Crippen molar-refractivity contribution in [3.8, 4) is 11.8 Å². The van der Waals surface area contributed by atoms with Crippen LogP contribution in [-0.4, -0.2) is 21.7 Å².